The van der Waals surface area contributed by atoms with E-state index in [1.165, 1.54) is 12.1 Å². The molecule has 0 fully saturated rings. The van der Waals surface area contributed by atoms with E-state index in [1.54, 1.807) is 24.3 Å². The molecule has 0 aliphatic carbocycles. The van der Waals surface area contributed by atoms with Crippen LogP contribution in [0.1, 0.15) is 5.76 Å². The number of rotatable bonds is 6. The van der Waals surface area contributed by atoms with Gasteiger partial charge in [0.05, 0.1) is 30.2 Å². The third-order valence-electron chi connectivity index (χ3n) is 2.50. The normalized spacial score (nSPS) is 11.1. The average molecular weight is 311 g/mol. The van der Waals surface area contributed by atoms with Crippen molar-refractivity contribution in [2.24, 2.45) is 0 Å². The van der Waals surface area contributed by atoms with E-state index in [9.17, 15) is 18.5 Å². The maximum absolute atomic E-state index is 11.3. The van der Waals surface area contributed by atoms with Crippen LogP contribution in [0.5, 0.6) is 0 Å². The third kappa shape index (κ3) is 4.21. The van der Waals surface area contributed by atoms with E-state index in [2.05, 4.69) is 10.0 Å². The van der Waals surface area contributed by atoms with Crippen molar-refractivity contribution < 1.29 is 17.8 Å². The molecule has 0 aliphatic rings. The molecule has 0 saturated heterocycles. The zero-order valence-electron chi connectivity index (χ0n) is 11.1. The number of para-hydroxylation sites is 2. The van der Waals surface area contributed by atoms with Gasteiger partial charge in [0, 0.05) is 0 Å². The lowest BCUT2D eigenvalue weighted by atomic mass is 10.2. The maximum Gasteiger partial charge on any atom is 0.433 e. The number of hydrogen-bond acceptors (Lipinski definition) is 6. The fourth-order valence-corrected chi connectivity index (χ4v) is 2.25. The topological polar surface area (TPSA) is 114 Å². The van der Waals surface area contributed by atoms with Crippen molar-refractivity contribution in [1.29, 1.82) is 0 Å². The molecule has 0 amide bonds. The second-order valence-corrected chi connectivity index (χ2v) is 6.02. The van der Waals surface area contributed by atoms with Crippen LogP contribution < -0.4 is 10.0 Å². The first-order valence-corrected chi connectivity index (χ1v) is 7.78. The summed E-state index contributed by atoms with van der Waals surface area (Å²) in [7, 11) is -3.39. The molecule has 0 bridgehead atoms. The summed E-state index contributed by atoms with van der Waals surface area (Å²) in [5.74, 6) is 0.0326. The molecule has 0 aliphatic heterocycles. The molecule has 0 radical (unpaired) electrons. The molecule has 1 heterocycles. The zero-order chi connectivity index (χ0) is 15.5. The Kier molecular flexibility index (Phi) is 4.13. The highest BCUT2D eigenvalue weighted by molar-refractivity contribution is 7.92. The van der Waals surface area contributed by atoms with Crippen LogP contribution in [-0.4, -0.2) is 19.6 Å². The van der Waals surface area contributed by atoms with Gasteiger partial charge >= 0.3 is 5.88 Å². The number of nitro groups is 1. The van der Waals surface area contributed by atoms with Gasteiger partial charge in [0.2, 0.25) is 10.0 Å². The minimum absolute atomic E-state index is 0.191. The standard InChI is InChI=1S/C12H13N3O5S/c1-21(18,19)14-11-5-3-2-4-10(11)13-8-9-6-7-12(20-9)15(16)17/h2-7,13-14H,8H2,1H3. The van der Waals surface area contributed by atoms with Gasteiger partial charge in [-0.05, 0) is 18.2 Å². The molecule has 1 aromatic carbocycles. The highest BCUT2D eigenvalue weighted by atomic mass is 32.2. The van der Waals surface area contributed by atoms with Crippen LogP contribution in [-0.2, 0) is 16.6 Å². The summed E-state index contributed by atoms with van der Waals surface area (Å²) >= 11 is 0. The van der Waals surface area contributed by atoms with Crippen LogP contribution in [0.25, 0.3) is 0 Å². The summed E-state index contributed by atoms with van der Waals surface area (Å²) in [6.07, 6.45) is 1.06. The second kappa shape index (κ2) is 5.83. The maximum atomic E-state index is 11.3. The van der Waals surface area contributed by atoms with Crippen LogP contribution in [0.4, 0.5) is 17.3 Å². The number of anilines is 2. The van der Waals surface area contributed by atoms with Crippen LogP contribution in [0.2, 0.25) is 0 Å². The molecule has 0 atom stereocenters. The zero-order valence-corrected chi connectivity index (χ0v) is 11.9. The molecular weight excluding hydrogens is 298 g/mol. The van der Waals surface area contributed by atoms with E-state index < -0.39 is 14.9 Å². The predicted molar refractivity (Wildman–Crippen MR) is 77.6 cm³/mol. The first-order valence-electron chi connectivity index (χ1n) is 5.89. The number of nitrogens with one attached hydrogen (secondary N) is 2. The molecule has 21 heavy (non-hydrogen) atoms. The third-order valence-corrected chi connectivity index (χ3v) is 3.09. The molecule has 8 nitrogen and oxygen atoms in total. The molecule has 0 unspecified atom stereocenters. The summed E-state index contributed by atoms with van der Waals surface area (Å²) in [6, 6.07) is 9.46. The van der Waals surface area contributed by atoms with E-state index in [4.69, 9.17) is 4.42 Å². The Morgan fingerprint density at radius 2 is 1.86 bits per heavy atom. The summed E-state index contributed by atoms with van der Waals surface area (Å²) in [5.41, 5.74) is 0.933. The Morgan fingerprint density at radius 1 is 1.19 bits per heavy atom. The lowest BCUT2D eigenvalue weighted by Crippen LogP contribution is -2.11. The quantitative estimate of drug-likeness (QED) is 0.624. The van der Waals surface area contributed by atoms with Crippen molar-refractivity contribution >= 4 is 27.3 Å². The molecule has 0 spiro atoms. The van der Waals surface area contributed by atoms with Gasteiger partial charge in [-0.1, -0.05) is 12.1 Å². The number of nitrogens with zero attached hydrogens (tertiary/aromatic N) is 1. The van der Waals surface area contributed by atoms with Gasteiger partial charge in [-0.2, -0.15) is 0 Å². The molecule has 2 rings (SSSR count). The van der Waals surface area contributed by atoms with Crippen molar-refractivity contribution in [1.82, 2.24) is 0 Å². The van der Waals surface area contributed by atoms with E-state index in [0.29, 0.717) is 17.1 Å². The Labute approximate surface area is 121 Å². The van der Waals surface area contributed by atoms with Crippen molar-refractivity contribution in [3.8, 4) is 0 Å². The number of sulfonamides is 1. The van der Waals surface area contributed by atoms with Crippen LogP contribution in [0.15, 0.2) is 40.8 Å². The molecule has 2 aromatic rings. The lowest BCUT2D eigenvalue weighted by molar-refractivity contribution is -0.402. The Hall–Kier alpha value is -2.55. The SMILES string of the molecule is CS(=O)(=O)Nc1ccccc1NCc1ccc([N+](=O)[O-])o1. The van der Waals surface area contributed by atoms with Crippen molar-refractivity contribution in [3.05, 3.63) is 52.3 Å². The van der Waals surface area contributed by atoms with E-state index in [0.717, 1.165) is 6.26 Å². The summed E-state index contributed by atoms with van der Waals surface area (Å²) < 4.78 is 29.9. The van der Waals surface area contributed by atoms with Crippen molar-refractivity contribution in [2.75, 3.05) is 16.3 Å². The van der Waals surface area contributed by atoms with E-state index in [1.807, 2.05) is 0 Å². The first-order chi connectivity index (χ1) is 9.85. The van der Waals surface area contributed by atoms with Gasteiger partial charge in [0.15, 0.2) is 0 Å². The van der Waals surface area contributed by atoms with Gasteiger partial charge < -0.3 is 9.73 Å². The Balaban J connectivity index is 2.10. The fraction of sp³-hybridized carbons (Fsp3) is 0.167. The second-order valence-electron chi connectivity index (χ2n) is 4.27. The number of hydrogen-bond donors (Lipinski definition) is 2. The van der Waals surface area contributed by atoms with Gasteiger partial charge in [0.1, 0.15) is 10.7 Å². The van der Waals surface area contributed by atoms with E-state index in [-0.39, 0.29) is 12.4 Å². The summed E-state index contributed by atoms with van der Waals surface area (Å²) in [5, 5.41) is 13.5. The Morgan fingerprint density at radius 3 is 2.43 bits per heavy atom. The highest BCUT2D eigenvalue weighted by Crippen LogP contribution is 2.23. The molecule has 1 aromatic heterocycles. The summed E-state index contributed by atoms with van der Waals surface area (Å²) in [6.45, 7) is 0.191. The lowest BCUT2D eigenvalue weighted by Gasteiger charge is -2.11. The number of benzene rings is 1. The fourth-order valence-electron chi connectivity index (χ4n) is 1.67. The molecule has 2 N–H and O–H groups in total. The summed E-state index contributed by atoms with van der Waals surface area (Å²) in [4.78, 5) is 9.89. The monoisotopic (exact) mass is 311 g/mol. The minimum atomic E-state index is -3.39. The predicted octanol–water partition coefficient (Wildman–Crippen LogP) is 2.17. The largest absolute Gasteiger partial charge is 0.433 e. The highest BCUT2D eigenvalue weighted by Gasteiger charge is 2.12. The van der Waals surface area contributed by atoms with Crippen LogP contribution in [0.3, 0.4) is 0 Å². The van der Waals surface area contributed by atoms with E-state index >= 15 is 0 Å². The molecule has 112 valence electrons. The van der Waals surface area contributed by atoms with Crippen LogP contribution >= 0.6 is 0 Å². The van der Waals surface area contributed by atoms with Crippen molar-refractivity contribution in [2.45, 2.75) is 6.54 Å². The van der Waals surface area contributed by atoms with Gasteiger partial charge in [-0.3, -0.25) is 14.8 Å². The first kappa shape index (κ1) is 14.9. The smallest absolute Gasteiger partial charge is 0.404 e. The van der Waals surface area contributed by atoms with Gasteiger partial charge in [0.25, 0.3) is 0 Å². The average Bonchev–Trinajstić information content (AvgIpc) is 2.85. The molecule has 0 saturated carbocycles. The Bertz CT molecular complexity index is 754. The number of furan rings is 1. The molecular formula is C12H13N3O5S. The molecule has 9 heteroatoms. The van der Waals surface area contributed by atoms with Crippen molar-refractivity contribution in [3.63, 3.8) is 0 Å². The van der Waals surface area contributed by atoms with Gasteiger partial charge in [-0.25, -0.2) is 8.42 Å². The van der Waals surface area contributed by atoms with Crippen LogP contribution in [0, 0.1) is 10.1 Å². The minimum Gasteiger partial charge on any atom is -0.404 e. The van der Waals surface area contributed by atoms with Gasteiger partial charge in [-0.15, -0.1) is 0 Å².